The summed E-state index contributed by atoms with van der Waals surface area (Å²) in [5.41, 5.74) is 0.760. The Morgan fingerprint density at radius 3 is 2.69 bits per heavy atom. The van der Waals surface area contributed by atoms with Crippen LogP contribution in [0.3, 0.4) is 0 Å². The van der Waals surface area contributed by atoms with E-state index in [0.29, 0.717) is 36.5 Å². The zero-order valence-electron chi connectivity index (χ0n) is 14.3. The maximum atomic E-state index is 12.6. The van der Waals surface area contributed by atoms with Crippen LogP contribution in [0.25, 0.3) is 11.4 Å². The van der Waals surface area contributed by atoms with Crippen molar-refractivity contribution < 1.29 is 14.7 Å². The summed E-state index contributed by atoms with van der Waals surface area (Å²) in [6, 6.07) is 6.33. The van der Waals surface area contributed by atoms with Crippen LogP contribution in [0, 0.1) is 5.92 Å². The number of benzene rings is 1. The van der Waals surface area contributed by atoms with Gasteiger partial charge in [0.1, 0.15) is 0 Å². The minimum Gasteiger partial charge on any atom is -0.481 e. The van der Waals surface area contributed by atoms with Crippen molar-refractivity contribution in [3.05, 3.63) is 29.3 Å². The van der Waals surface area contributed by atoms with Gasteiger partial charge in [-0.15, -0.1) is 10.2 Å². The van der Waals surface area contributed by atoms with Gasteiger partial charge in [0.15, 0.2) is 6.04 Å². The third kappa shape index (κ3) is 4.01. The molecular formula is C17H20ClN5O3. The van der Waals surface area contributed by atoms with Crippen molar-refractivity contribution in [1.29, 1.82) is 0 Å². The number of carbonyl (C=O) groups is 2. The molecule has 138 valence electrons. The SMILES string of the molecule is CCC(C(=O)N[C@@H]1CC[C@H](C(=O)O)C1)n1nnc(-c2ccc(Cl)cc2)n1. The third-order valence-corrected chi connectivity index (χ3v) is 4.88. The van der Waals surface area contributed by atoms with E-state index in [-0.39, 0.29) is 17.9 Å². The number of carboxylic acid groups (broad SMARTS) is 1. The van der Waals surface area contributed by atoms with Crippen molar-refractivity contribution >= 4 is 23.5 Å². The first-order valence-corrected chi connectivity index (χ1v) is 8.94. The van der Waals surface area contributed by atoms with E-state index in [1.165, 1.54) is 4.80 Å². The van der Waals surface area contributed by atoms with Crippen LogP contribution in [0.5, 0.6) is 0 Å². The topological polar surface area (TPSA) is 110 Å². The monoisotopic (exact) mass is 377 g/mol. The predicted octanol–water partition coefficient (Wildman–Crippen LogP) is 2.31. The average Bonchev–Trinajstić information content (AvgIpc) is 3.26. The van der Waals surface area contributed by atoms with Crippen LogP contribution >= 0.6 is 11.6 Å². The molecule has 0 aliphatic heterocycles. The van der Waals surface area contributed by atoms with Gasteiger partial charge in [-0.25, -0.2) is 0 Å². The van der Waals surface area contributed by atoms with Crippen molar-refractivity contribution in [2.45, 2.75) is 44.7 Å². The minimum absolute atomic E-state index is 0.128. The van der Waals surface area contributed by atoms with Gasteiger partial charge in [-0.2, -0.15) is 4.80 Å². The summed E-state index contributed by atoms with van der Waals surface area (Å²) in [6.07, 6.45) is 2.20. The van der Waals surface area contributed by atoms with Crippen LogP contribution in [0.4, 0.5) is 0 Å². The fourth-order valence-corrected chi connectivity index (χ4v) is 3.29. The maximum Gasteiger partial charge on any atom is 0.306 e. The molecular weight excluding hydrogens is 358 g/mol. The second kappa shape index (κ2) is 7.82. The van der Waals surface area contributed by atoms with Gasteiger partial charge in [0.05, 0.1) is 5.92 Å². The number of aromatic nitrogens is 4. The second-order valence-electron chi connectivity index (χ2n) is 6.42. The summed E-state index contributed by atoms with van der Waals surface area (Å²) < 4.78 is 0. The Hall–Kier alpha value is -2.48. The third-order valence-electron chi connectivity index (χ3n) is 4.63. The molecule has 1 unspecified atom stereocenters. The number of aliphatic carboxylic acids is 1. The molecule has 1 aliphatic rings. The van der Waals surface area contributed by atoms with E-state index in [2.05, 4.69) is 20.7 Å². The first kappa shape index (κ1) is 18.3. The lowest BCUT2D eigenvalue weighted by Crippen LogP contribution is -2.39. The number of amides is 1. The van der Waals surface area contributed by atoms with Gasteiger partial charge < -0.3 is 10.4 Å². The van der Waals surface area contributed by atoms with Crippen LogP contribution in [0.2, 0.25) is 5.02 Å². The van der Waals surface area contributed by atoms with E-state index >= 15 is 0 Å². The summed E-state index contributed by atoms with van der Waals surface area (Å²) >= 11 is 5.88. The van der Waals surface area contributed by atoms with Gasteiger partial charge in [0, 0.05) is 16.6 Å². The van der Waals surface area contributed by atoms with Crippen molar-refractivity contribution in [2.24, 2.45) is 5.92 Å². The van der Waals surface area contributed by atoms with E-state index in [4.69, 9.17) is 16.7 Å². The molecule has 1 saturated carbocycles. The number of rotatable bonds is 6. The number of carboxylic acids is 1. The fraction of sp³-hybridized carbons (Fsp3) is 0.471. The zero-order chi connectivity index (χ0) is 18.7. The van der Waals surface area contributed by atoms with Crippen molar-refractivity contribution in [3.63, 3.8) is 0 Å². The van der Waals surface area contributed by atoms with Gasteiger partial charge in [-0.05, 0) is 55.2 Å². The predicted molar refractivity (Wildman–Crippen MR) is 94.5 cm³/mol. The van der Waals surface area contributed by atoms with Crippen LogP contribution < -0.4 is 5.32 Å². The summed E-state index contributed by atoms with van der Waals surface area (Å²) in [5, 5.41) is 25.0. The Balaban J connectivity index is 1.68. The summed E-state index contributed by atoms with van der Waals surface area (Å²) in [6.45, 7) is 1.87. The number of hydrogen-bond acceptors (Lipinski definition) is 5. The highest BCUT2D eigenvalue weighted by molar-refractivity contribution is 6.30. The first-order valence-electron chi connectivity index (χ1n) is 8.56. The minimum atomic E-state index is -0.806. The van der Waals surface area contributed by atoms with E-state index in [0.717, 1.165) is 5.56 Å². The molecule has 9 heteroatoms. The van der Waals surface area contributed by atoms with Crippen LogP contribution in [0.1, 0.15) is 38.6 Å². The molecule has 2 N–H and O–H groups in total. The van der Waals surface area contributed by atoms with E-state index in [9.17, 15) is 9.59 Å². The molecule has 1 aliphatic carbocycles. The number of nitrogens with one attached hydrogen (secondary N) is 1. The van der Waals surface area contributed by atoms with E-state index in [1.807, 2.05) is 6.92 Å². The number of halogens is 1. The molecule has 1 aromatic heterocycles. The second-order valence-corrected chi connectivity index (χ2v) is 6.85. The number of tetrazole rings is 1. The van der Waals surface area contributed by atoms with Gasteiger partial charge in [0.25, 0.3) is 0 Å². The molecule has 0 spiro atoms. The molecule has 2 aromatic rings. The molecule has 26 heavy (non-hydrogen) atoms. The Labute approximate surface area is 155 Å². The zero-order valence-corrected chi connectivity index (χ0v) is 15.1. The average molecular weight is 378 g/mol. The van der Waals surface area contributed by atoms with Crippen LogP contribution in [0.15, 0.2) is 24.3 Å². The number of carbonyl (C=O) groups excluding carboxylic acids is 1. The Kier molecular flexibility index (Phi) is 5.51. The summed E-state index contributed by atoms with van der Waals surface area (Å²) in [7, 11) is 0. The molecule has 8 nitrogen and oxygen atoms in total. The highest BCUT2D eigenvalue weighted by atomic mass is 35.5. The smallest absolute Gasteiger partial charge is 0.306 e. The molecule has 1 fully saturated rings. The van der Waals surface area contributed by atoms with E-state index < -0.39 is 12.0 Å². The largest absolute Gasteiger partial charge is 0.481 e. The molecule has 3 rings (SSSR count). The van der Waals surface area contributed by atoms with Gasteiger partial charge >= 0.3 is 5.97 Å². The number of hydrogen-bond donors (Lipinski definition) is 2. The molecule has 0 saturated heterocycles. The van der Waals surface area contributed by atoms with Crippen molar-refractivity contribution in [1.82, 2.24) is 25.5 Å². The van der Waals surface area contributed by atoms with Crippen LogP contribution in [-0.2, 0) is 9.59 Å². The lowest BCUT2D eigenvalue weighted by molar-refractivity contribution is -0.141. The highest BCUT2D eigenvalue weighted by Gasteiger charge is 2.32. The normalized spacial score (nSPS) is 20.7. The maximum absolute atomic E-state index is 12.6. The molecule has 1 heterocycles. The quantitative estimate of drug-likeness (QED) is 0.799. The fourth-order valence-electron chi connectivity index (χ4n) is 3.16. The molecule has 3 atom stereocenters. The number of nitrogens with zero attached hydrogens (tertiary/aromatic N) is 4. The molecule has 1 amide bonds. The van der Waals surface area contributed by atoms with Gasteiger partial charge in [-0.3, -0.25) is 9.59 Å². The lowest BCUT2D eigenvalue weighted by Gasteiger charge is -2.17. The summed E-state index contributed by atoms with van der Waals surface area (Å²) in [5.74, 6) is -0.996. The Morgan fingerprint density at radius 1 is 1.35 bits per heavy atom. The highest BCUT2D eigenvalue weighted by Crippen LogP contribution is 2.26. The molecule has 0 radical (unpaired) electrons. The summed E-state index contributed by atoms with van der Waals surface area (Å²) in [4.78, 5) is 25.0. The lowest BCUT2D eigenvalue weighted by atomic mass is 10.1. The first-order chi connectivity index (χ1) is 12.5. The van der Waals surface area contributed by atoms with Gasteiger partial charge in [-0.1, -0.05) is 18.5 Å². The van der Waals surface area contributed by atoms with Gasteiger partial charge in [0.2, 0.25) is 11.7 Å². The molecule has 0 bridgehead atoms. The molecule has 1 aromatic carbocycles. The van der Waals surface area contributed by atoms with Crippen molar-refractivity contribution in [3.8, 4) is 11.4 Å². The standard InChI is InChI=1S/C17H20ClN5O3/c1-2-14(16(24)19-13-8-5-11(9-13)17(25)26)23-21-15(20-22-23)10-3-6-12(18)7-4-10/h3-4,6-7,11,13-14H,2,5,8-9H2,1H3,(H,19,24)(H,25,26)/t11-,13+,14?/m0/s1. The Morgan fingerprint density at radius 2 is 2.08 bits per heavy atom. The van der Waals surface area contributed by atoms with Crippen molar-refractivity contribution in [2.75, 3.05) is 0 Å². The van der Waals surface area contributed by atoms with E-state index in [1.54, 1.807) is 24.3 Å². The Bertz CT molecular complexity index is 792. The van der Waals surface area contributed by atoms with Crippen LogP contribution in [-0.4, -0.2) is 43.2 Å².